The molecule has 0 bridgehead atoms. The van der Waals surface area contributed by atoms with Crippen LogP contribution in [0.5, 0.6) is 0 Å². The molecule has 0 radical (unpaired) electrons. The van der Waals surface area contributed by atoms with Crippen molar-refractivity contribution < 1.29 is 0 Å². The first kappa shape index (κ1) is 15.8. The predicted molar refractivity (Wildman–Crippen MR) is 92.5 cm³/mol. The molecule has 21 heavy (non-hydrogen) atoms. The molecule has 0 amide bonds. The summed E-state index contributed by atoms with van der Waals surface area (Å²) in [6.07, 6.45) is 2.31. The van der Waals surface area contributed by atoms with Gasteiger partial charge in [-0.05, 0) is 48.0 Å². The van der Waals surface area contributed by atoms with Crippen LogP contribution in [0.3, 0.4) is 0 Å². The van der Waals surface area contributed by atoms with Crippen LogP contribution in [0.2, 0.25) is 0 Å². The van der Waals surface area contributed by atoms with E-state index in [0.717, 1.165) is 19.5 Å². The van der Waals surface area contributed by atoms with Crippen molar-refractivity contribution >= 4 is 0 Å². The van der Waals surface area contributed by atoms with Gasteiger partial charge in [0.2, 0.25) is 0 Å². The van der Waals surface area contributed by atoms with Crippen LogP contribution in [0.15, 0.2) is 54.6 Å². The average Bonchev–Trinajstić information content (AvgIpc) is 2.47. The Balaban J connectivity index is 1.92. The van der Waals surface area contributed by atoms with Gasteiger partial charge in [0.25, 0.3) is 0 Å². The van der Waals surface area contributed by atoms with Gasteiger partial charge in [0, 0.05) is 0 Å². The van der Waals surface area contributed by atoms with Crippen LogP contribution < -0.4 is 5.32 Å². The fourth-order valence-electron chi connectivity index (χ4n) is 2.50. The minimum Gasteiger partial charge on any atom is -0.316 e. The molecule has 112 valence electrons. The fourth-order valence-corrected chi connectivity index (χ4v) is 2.50. The van der Waals surface area contributed by atoms with Gasteiger partial charge < -0.3 is 5.32 Å². The highest BCUT2D eigenvalue weighted by molar-refractivity contribution is 5.67. The van der Waals surface area contributed by atoms with Crippen molar-refractivity contribution in [2.45, 2.75) is 33.6 Å². The summed E-state index contributed by atoms with van der Waals surface area (Å²) in [4.78, 5) is 0. The summed E-state index contributed by atoms with van der Waals surface area (Å²) in [5.74, 6) is 0. The highest BCUT2D eigenvalue weighted by Crippen LogP contribution is 2.24. The maximum absolute atomic E-state index is 3.55. The molecule has 0 heterocycles. The standard InChI is InChI=1S/C20H27N/c1-20(2,3)16-21-15-9-13-18-12-7-8-14-19(18)17-10-5-4-6-11-17/h4-8,10-12,14,21H,9,13,15-16H2,1-3H3. The van der Waals surface area contributed by atoms with Crippen LogP contribution in [-0.2, 0) is 6.42 Å². The Morgan fingerprint density at radius 2 is 1.52 bits per heavy atom. The Morgan fingerprint density at radius 1 is 0.857 bits per heavy atom. The molecule has 0 spiro atoms. The summed E-state index contributed by atoms with van der Waals surface area (Å²) < 4.78 is 0. The van der Waals surface area contributed by atoms with Crippen molar-refractivity contribution in [1.29, 1.82) is 0 Å². The third kappa shape index (κ3) is 5.35. The SMILES string of the molecule is CC(C)(C)CNCCCc1ccccc1-c1ccccc1. The van der Waals surface area contributed by atoms with Crippen molar-refractivity contribution in [3.63, 3.8) is 0 Å². The number of rotatable bonds is 6. The van der Waals surface area contributed by atoms with E-state index in [9.17, 15) is 0 Å². The summed E-state index contributed by atoms with van der Waals surface area (Å²) in [5.41, 5.74) is 4.49. The minimum atomic E-state index is 0.363. The molecule has 2 rings (SSSR count). The van der Waals surface area contributed by atoms with E-state index >= 15 is 0 Å². The summed E-state index contributed by atoms with van der Waals surface area (Å²) in [6, 6.07) is 19.4. The highest BCUT2D eigenvalue weighted by atomic mass is 14.9. The van der Waals surface area contributed by atoms with E-state index in [1.165, 1.54) is 23.1 Å². The Hall–Kier alpha value is -1.60. The molecular weight excluding hydrogens is 254 g/mol. The molecule has 0 atom stereocenters. The van der Waals surface area contributed by atoms with Crippen molar-refractivity contribution in [2.75, 3.05) is 13.1 Å². The molecule has 0 aliphatic rings. The number of benzene rings is 2. The highest BCUT2D eigenvalue weighted by Gasteiger charge is 2.08. The summed E-state index contributed by atoms with van der Waals surface area (Å²) >= 11 is 0. The zero-order valence-corrected chi connectivity index (χ0v) is 13.5. The van der Waals surface area contributed by atoms with E-state index in [-0.39, 0.29) is 0 Å². The third-order valence-corrected chi connectivity index (χ3v) is 3.56. The van der Waals surface area contributed by atoms with E-state index < -0.39 is 0 Å². The van der Waals surface area contributed by atoms with Gasteiger partial charge in [-0.15, -0.1) is 0 Å². The van der Waals surface area contributed by atoms with Crippen LogP contribution in [0.25, 0.3) is 11.1 Å². The second kappa shape index (κ2) is 7.42. The number of nitrogens with one attached hydrogen (secondary N) is 1. The van der Waals surface area contributed by atoms with Gasteiger partial charge in [-0.25, -0.2) is 0 Å². The Kier molecular flexibility index (Phi) is 5.58. The largest absolute Gasteiger partial charge is 0.316 e. The first-order valence-electron chi connectivity index (χ1n) is 7.90. The lowest BCUT2D eigenvalue weighted by molar-refractivity contribution is 0.379. The second-order valence-electron chi connectivity index (χ2n) is 6.86. The Morgan fingerprint density at radius 3 is 2.24 bits per heavy atom. The zero-order chi connectivity index (χ0) is 15.1. The second-order valence-corrected chi connectivity index (χ2v) is 6.86. The lowest BCUT2D eigenvalue weighted by Gasteiger charge is -2.18. The predicted octanol–water partition coefficient (Wildman–Crippen LogP) is 4.92. The van der Waals surface area contributed by atoms with Crippen LogP contribution in [0, 0.1) is 5.41 Å². The molecule has 0 unspecified atom stereocenters. The molecule has 2 aromatic rings. The van der Waals surface area contributed by atoms with Crippen molar-refractivity contribution in [3.8, 4) is 11.1 Å². The molecule has 0 aromatic heterocycles. The molecule has 1 N–H and O–H groups in total. The first-order valence-corrected chi connectivity index (χ1v) is 7.90. The smallest absolute Gasteiger partial charge is 0.0000123 e. The third-order valence-electron chi connectivity index (χ3n) is 3.56. The molecule has 0 saturated heterocycles. The Bertz CT molecular complexity index is 537. The molecule has 1 nitrogen and oxygen atoms in total. The molecule has 1 heteroatoms. The fraction of sp³-hybridized carbons (Fsp3) is 0.400. The molecule has 2 aromatic carbocycles. The summed E-state index contributed by atoms with van der Waals surface area (Å²) in [7, 11) is 0. The molecule has 0 aliphatic carbocycles. The monoisotopic (exact) mass is 281 g/mol. The summed E-state index contributed by atoms with van der Waals surface area (Å²) in [6.45, 7) is 8.97. The number of aryl methyl sites for hydroxylation is 1. The van der Waals surface area contributed by atoms with Crippen molar-refractivity contribution in [1.82, 2.24) is 5.32 Å². The topological polar surface area (TPSA) is 12.0 Å². The van der Waals surface area contributed by atoms with Crippen molar-refractivity contribution in [2.24, 2.45) is 5.41 Å². The lowest BCUT2D eigenvalue weighted by atomic mass is 9.96. The van der Waals surface area contributed by atoms with Gasteiger partial charge >= 0.3 is 0 Å². The van der Waals surface area contributed by atoms with E-state index in [1.54, 1.807) is 0 Å². The zero-order valence-electron chi connectivity index (χ0n) is 13.5. The van der Waals surface area contributed by atoms with E-state index in [0.29, 0.717) is 5.41 Å². The maximum Gasteiger partial charge on any atom is -0.0000123 e. The summed E-state index contributed by atoms with van der Waals surface area (Å²) in [5, 5.41) is 3.55. The lowest BCUT2D eigenvalue weighted by Crippen LogP contribution is -2.27. The van der Waals surface area contributed by atoms with Crippen LogP contribution >= 0.6 is 0 Å². The number of hydrogen-bond donors (Lipinski definition) is 1. The normalized spacial score (nSPS) is 11.6. The molecule has 0 saturated carbocycles. The van der Waals surface area contributed by atoms with Gasteiger partial charge in [-0.3, -0.25) is 0 Å². The maximum atomic E-state index is 3.55. The van der Waals surface area contributed by atoms with Gasteiger partial charge in [0.1, 0.15) is 0 Å². The molecule has 0 fully saturated rings. The van der Waals surface area contributed by atoms with E-state index in [4.69, 9.17) is 0 Å². The van der Waals surface area contributed by atoms with E-state index in [2.05, 4.69) is 80.7 Å². The molecule has 0 aliphatic heterocycles. The Labute approximate surface area is 129 Å². The van der Waals surface area contributed by atoms with E-state index in [1.807, 2.05) is 0 Å². The minimum absolute atomic E-state index is 0.363. The average molecular weight is 281 g/mol. The molecular formula is C20H27N. The van der Waals surface area contributed by atoms with Crippen molar-refractivity contribution in [3.05, 3.63) is 60.2 Å². The quantitative estimate of drug-likeness (QED) is 0.741. The number of hydrogen-bond acceptors (Lipinski definition) is 1. The van der Waals surface area contributed by atoms with Gasteiger partial charge in [0.15, 0.2) is 0 Å². The van der Waals surface area contributed by atoms with Gasteiger partial charge in [-0.2, -0.15) is 0 Å². The van der Waals surface area contributed by atoms with Crippen LogP contribution in [-0.4, -0.2) is 13.1 Å². The van der Waals surface area contributed by atoms with Crippen LogP contribution in [0.4, 0.5) is 0 Å². The first-order chi connectivity index (χ1) is 10.1. The van der Waals surface area contributed by atoms with Gasteiger partial charge in [-0.1, -0.05) is 75.4 Å². The van der Waals surface area contributed by atoms with Crippen LogP contribution in [0.1, 0.15) is 32.8 Å². The van der Waals surface area contributed by atoms with Gasteiger partial charge in [0.05, 0.1) is 0 Å².